The first-order valence-electron chi connectivity index (χ1n) is 11.0. The van der Waals surface area contributed by atoms with Crippen molar-refractivity contribution >= 4 is 10.9 Å². The number of hydrogen-bond acceptors (Lipinski definition) is 4. The molecule has 5 rings (SSSR count). The molecule has 5 nitrogen and oxygen atoms in total. The lowest BCUT2D eigenvalue weighted by Crippen LogP contribution is -2.38. The van der Waals surface area contributed by atoms with Crippen LogP contribution in [0.25, 0.3) is 10.9 Å². The molecule has 0 N–H and O–H groups in total. The molecule has 3 aromatic rings. The molecule has 3 heterocycles. The lowest BCUT2D eigenvalue weighted by Gasteiger charge is -2.32. The minimum atomic E-state index is 0.287. The van der Waals surface area contributed by atoms with Crippen LogP contribution >= 0.6 is 0 Å². The third kappa shape index (κ3) is 3.88. The first-order valence-corrected chi connectivity index (χ1v) is 11.0. The summed E-state index contributed by atoms with van der Waals surface area (Å²) in [6, 6.07) is 9.43. The van der Waals surface area contributed by atoms with E-state index in [1.807, 2.05) is 6.92 Å². The summed E-state index contributed by atoms with van der Waals surface area (Å²) in [5.74, 6) is 1.04. The number of aromatic nitrogens is 3. The lowest BCUT2D eigenvalue weighted by atomic mass is 10.1. The van der Waals surface area contributed by atoms with Crippen LogP contribution in [-0.2, 0) is 6.54 Å². The van der Waals surface area contributed by atoms with Crippen molar-refractivity contribution in [3.63, 3.8) is 0 Å². The van der Waals surface area contributed by atoms with Crippen molar-refractivity contribution in [2.24, 2.45) is 0 Å². The van der Waals surface area contributed by atoms with Gasteiger partial charge in [-0.1, -0.05) is 18.9 Å². The van der Waals surface area contributed by atoms with Crippen molar-refractivity contribution in [3.8, 4) is 5.75 Å². The minimum absolute atomic E-state index is 0.287. The Hall–Kier alpha value is -2.40. The number of aryl methyl sites for hydroxylation is 1. The molecule has 1 aliphatic heterocycles. The van der Waals surface area contributed by atoms with Crippen LogP contribution in [0.3, 0.4) is 0 Å². The zero-order chi connectivity index (χ0) is 19.6. The van der Waals surface area contributed by atoms with Crippen molar-refractivity contribution in [2.45, 2.75) is 64.1 Å². The van der Waals surface area contributed by atoms with E-state index < -0.39 is 0 Å². The molecule has 0 amide bonds. The van der Waals surface area contributed by atoms with Crippen molar-refractivity contribution in [3.05, 3.63) is 54.2 Å². The van der Waals surface area contributed by atoms with E-state index in [2.05, 4.69) is 49.9 Å². The largest absolute Gasteiger partial charge is 0.490 e. The molecule has 2 aliphatic rings. The number of piperidine rings is 1. The Bertz CT molecular complexity index is 968. The van der Waals surface area contributed by atoms with E-state index in [9.17, 15) is 0 Å². The van der Waals surface area contributed by atoms with Gasteiger partial charge in [-0.25, -0.2) is 0 Å². The molecule has 0 atom stereocenters. The molecule has 1 saturated carbocycles. The van der Waals surface area contributed by atoms with Gasteiger partial charge in [0.15, 0.2) is 0 Å². The molecule has 152 valence electrons. The van der Waals surface area contributed by atoms with Crippen molar-refractivity contribution in [1.29, 1.82) is 0 Å². The summed E-state index contributed by atoms with van der Waals surface area (Å²) in [6.07, 6.45) is 13.5. The molecule has 1 saturated heterocycles. The number of nitrogens with zero attached hydrogens (tertiary/aromatic N) is 4. The summed E-state index contributed by atoms with van der Waals surface area (Å²) < 4.78 is 8.97. The molecule has 0 radical (unpaired) electrons. The summed E-state index contributed by atoms with van der Waals surface area (Å²) in [6.45, 7) is 5.00. The van der Waals surface area contributed by atoms with Gasteiger partial charge < -0.3 is 9.30 Å². The smallest absolute Gasteiger partial charge is 0.129 e. The van der Waals surface area contributed by atoms with Crippen LogP contribution in [0.1, 0.15) is 56.0 Å². The molecule has 0 unspecified atom stereocenters. The van der Waals surface area contributed by atoms with Gasteiger partial charge in [0.05, 0.1) is 16.9 Å². The SMILES string of the molecule is Cc1nccnc1CN1CCC(Oc2cccc3c2ccn3C2CCCC2)CC1. The molecular weight excluding hydrogens is 360 g/mol. The molecule has 5 heteroatoms. The second-order valence-electron chi connectivity index (χ2n) is 8.53. The molecule has 2 aromatic heterocycles. The molecular formula is C24H30N4O. The molecule has 1 aliphatic carbocycles. The van der Waals surface area contributed by atoms with E-state index in [1.165, 1.54) is 36.6 Å². The number of fused-ring (bicyclic) bond motifs is 1. The maximum Gasteiger partial charge on any atom is 0.129 e. The van der Waals surface area contributed by atoms with E-state index in [0.717, 1.165) is 49.6 Å². The fourth-order valence-corrected chi connectivity index (χ4v) is 4.93. The Morgan fingerprint density at radius 2 is 1.79 bits per heavy atom. The van der Waals surface area contributed by atoms with Crippen LogP contribution in [0.5, 0.6) is 5.75 Å². The Balaban J connectivity index is 1.24. The summed E-state index contributed by atoms with van der Waals surface area (Å²) >= 11 is 0. The number of likely N-dealkylation sites (tertiary alicyclic amines) is 1. The van der Waals surface area contributed by atoms with Gasteiger partial charge in [-0.3, -0.25) is 14.9 Å². The quantitative estimate of drug-likeness (QED) is 0.622. The number of hydrogen-bond donors (Lipinski definition) is 0. The van der Waals surface area contributed by atoms with Crippen molar-refractivity contribution in [2.75, 3.05) is 13.1 Å². The number of ether oxygens (including phenoxy) is 1. The molecule has 2 fully saturated rings. The van der Waals surface area contributed by atoms with Crippen LogP contribution in [0.4, 0.5) is 0 Å². The second-order valence-corrected chi connectivity index (χ2v) is 8.53. The van der Waals surface area contributed by atoms with Crippen LogP contribution < -0.4 is 4.74 Å². The monoisotopic (exact) mass is 390 g/mol. The molecule has 29 heavy (non-hydrogen) atoms. The van der Waals surface area contributed by atoms with Gasteiger partial charge in [0.1, 0.15) is 11.9 Å². The van der Waals surface area contributed by atoms with E-state index >= 15 is 0 Å². The Morgan fingerprint density at radius 3 is 2.59 bits per heavy atom. The van der Waals surface area contributed by atoms with Gasteiger partial charge in [0, 0.05) is 49.7 Å². The van der Waals surface area contributed by atoms with Crippen LogP contribution in [0.2, 0.25) is 0 Å². The van der Waals surface area contributed by atoms with Gasteiger partial charge >= 0.3 is 0 Å². The highest BCUT2D eigenvalue weighted by Crippen LogP contribution is 2.36. The summed E-state index contributed by atoms with van der Waals surface area (Å²) in [5.41, 5.74) is 3.44. The predicted octanol–water partition coefficient (Wildman–Crippen LogP) is 4.90. The van der Waals surface area contributed by atoms with E-state index in [-0.39, 0.29) is 6.10 Å². The second kappa shape index (κ2) is 8.15. The van der Waals surface area contributed by atoms with Crippen LogP contribution in [0, 0.1) is 6.92 Å². The van der Waals surface area contributed by atoms with E-state index in [1.54, 1.807) is 12.4 Å². The number of rotatable bonds is 5. The Labute approximate surface area is 172 Å². The Morgan fingerprint density at radius 1 is 1.00 bits per heavy atom. The first-order chi connectivity index (χ1) is 14.3. The maximum absolute atomic E-state index is 6.50. The fraction of sp³-hybridized carbons (Fsp3) is 0.500. The third-order valence-electron chi connectivity index (χ3n) is 6.63. The van der Waals surface area contributed by atoms with Crippen molar-refractivity contribution in [1.82, 2.24) is 19.4 Å². The summed E-state index contributed by atoms with van der Waals surface area (Å²) in [5, 5.41) is 1.26. The zero-order valence-corrected chi connectivity index (χ0v) is 17.3. The van der Waals surface area contributed by atoms with Crippen LogP contribution in [0.15, 0.2) is 42.9 Å². The van der Waals surface area contributed by atoms with E-state index in [0.29, 0.717) is 6.04 Å². The average molecular weight is 391 g/mol. The van der Waals surface area contributed by atoms with Crippen LogP contribution in [-0.4, -0.2) is 38.6 Å². The maximum atomic E-state index is 6.50. The Kier molecular flexibility index (Phi) is 5.23. The predicted molar refractivity (Wildman–Crippen MR) is 115 cm³/mol. The van der Waals surface area contributed by atoms with Gasteiger partial charge in [0.25, 0.3) is 0 Å². The van der Waals surface area contributed by atoms with Gasteiger partial charge in [-0.2, -0.15) is 0 Å². The molecule has 0 bridgehead atoms. The highest BCUT2D eigenvalue weighted by molar-refractivity contribution is 5.86. The zero-order valence-electron chi connectivity index (χ0n) is 17.3. The lowest BCUT2D eigenvalue weighted by molar-refractivity contribution is 0.0971. The topological polar surface area (TPSA) is 43.2 Å². The normalized spacial score (nSPS) is 19.2. The fourth-order valence-electron chi connectivity index (χ4n) is 4.93. The van der Waals surface area contributed by atoms with Gasteiger partial charge in [-0.15, -0.1) is 0 Å². The number of benzene rings is 1. The highest BCUT2D eigenvalue weighted by Gasteiger charge is 2.23. The third-order valence-corrected chi connectivity index (χ3v) is 6.63. The van der Waals surface area contributed by atoms with Gasteiger partial charge in [0.2, 0.25) is 0 Å². The summed E-state index contributed by atoms with van der Waals surface area (Å²) in [4.78, 5) is 11.3. The standard InChI is InChI=1S/C24H30N4O/c1-18-22(26-13-12-25-18)17-27-14-9-20(10-15-27)29-24-8-4-7-23-21(24)11-16-28(23)19-5-2-3-6-19/h4,7-8,11-13,16,19-20H,2-3,5-6,9-10,14-15,17H2,1H3. The van der Waals surface area contributed by atoms with Gasteiger partial charge in [-0.05, 0) is 50.8 Å². The van der Waals surface area contributed by atoms with E-state index in [4.69, 9.17) is 4.74 Å². The molecule has 0 spiro atoms. The molecule has 1 aromatic carbocycles. The van der Waals surface area contributed by atoms with Crippen molar-refractivity contribution < 1.29 is 4.74 Å². The summed E-state index contributed by atoms with van der Waals surface area (Å²) in [7, 11) is 0. The minimum Gasteiger partial charge on any atom is -0.490 e. The average Bonchev–Trinajstić information content (AvgIpc) is 3.41. The highest BCUT2D eigenvalue weighted by atomic mass is 16.5. The first kappa shape index (κ1) is 18.6.